The Bertz CT molecular complexity index is 1840. The summed E-state index contributed by atoms with van der Waals surface area (Å²) < 4.78 is 45.7. The number of nitrogens with one attached hydrogen (secondary N) is 7. The van der Waals surface area contributed by atoms with Crippen LogP contribution in [0.3, 0.4) is 0 Å². The number of alkyl halides is 3. The minimum absolute atomic E-state index is 0.0205. The van der Waals surface area contributed by atoms with Crippen LogP contribution >= 0.6 is 11.8 Å². The summed E-state index contributed by atoms with van der Waals surface area (Å²) in [6.45, 7) is 0.884. The molecule has 3 aliphatic heterocycles. The summed E-state index contributed by atoms with van der Waals surface area (Å²) in [5.41, 5.74) is 4.40. The number of hydrogen-bond donors (Lipinski definition) is 13. The highest BCUT2D eigenvalue weighted by Crippen LogP contribution is 2.30. The first-order chi connectivity index (χ1) is 30.0. The van der Waals surface area contributed by atoms with E-state index < -0.39 is 78.1 Å². The van der Waals surface area contributed by atoms with Crippen molar-refractivity contribution >= 4 is 52.9 Å². The number of amidine groups is 1. The molecule has 4 amide bonds. The maximum absolute atomic E-state index is 13.2. The lowest BCUT2D eigenvalue weighted by atomic mass is 10.1. The molecule has 0 radical (unpaired) electrons. The van der Waals surface area contributed by atoms with Crippen LogP contribution in [0.4, 0.5) is 13.2 Å². The second-order valence-corrected chi connectivity index (χ2v) is 15.6. The van der Waals surface area contributed by atoms with Crippen molar-refractivity contribution in [1.29, 1.82) is 0 Å². The molecule has 0 spiro atoms. The number of thioether (sulfide) groups is 1. The Morgan fingerprint density at radius 1 is 0.952 bits per heavy atom. The minimum atomic E-state index is -4.83. The number of benzene rings is 1. The third kappa shape index (κ3) is 14.8. The Labute approximate surface area is 364 Å². The molecule has 0 bridgehead atoms. The molecular formula is C37H55F3N12O10S. The molecule has 3 aliphatic rings. The van der Waals surface area contributed by atoms with Crippen LogP contribution in [-0.2, 0) is 23.9 Å². The number of unbranched alkanes of at least 4 members (excludes halogenated alkanes) is 1. The first-order valence-corrected chi connectivity index (χ1v) is 21.2. The summed E-state index contributed by atoms with van der Waals surface area (Å²) in [6.07, 6.45) is -7.82. The van der Waals surface area contributed by atoms with Gasteiger partial charge in [-0.1, -0.05) is 12.1 Å². The number of amides is 4. The van der Waals surface area contributed by atoms with Gasteiger partial charge in [0.25, 0.3) is 5.91 Å². The van der Waals surface area contributed by atoms with Crippen molar-refractivity contribution in [2.75, 3.05) is 57.6 Å². The Balaban J connectivity index is 1.22. The van der Waals surface area contributed by atoms with Crippen LogP contribution in [0.25, 0.3) is 0 Å². The lowest BCUT2D eigenvalue weighted by Crippen LogP contribution is -2.48. The van der Waals surface area contributed by atoms with Gasteiger partial charge in [-0.3, -0.25) is 24.0 Å². The molecule has 6 atom stereocenters. The number of carboxylic acids is 1. The quantitative estimate of drug-likeness (QED) is 0.0200. The zero-order chi connectivity index (χ0) is 46.1. The van der Waals surface area contributed by atoms with Gasteiger partial charge in [0.2, 0.25) is 17.7 Å². The second-order valence-electron chi connectivity index (χ2n) is 14.4. The molecule has 3 heterocycles. The third-order valence-corrected chi connectivity index (χ3v) is 11.0. The standard InChI is InChI=1S/C37H55F3N12O10S/c38-37(39,40)30(51-42)20-3-5-21(6-4-20)33(58)50-23(34(59)46-14-13-44-26(55)9-15-53)7-8-25(54)43-11-1-2-12-45-31-27-32(48-18-47-31)52(19-49-27)35-29(57)28(56)24(62-35)17-63-16-10-22(41)36(60)61/h3-6,22-24,28-29,35,45,47,49,53,56-57H,1-2,7-19,41-42H2,(H,43,54)(H,44,55)(H,46,59)(H,50,58)(H,60,61)/t22-,23+,24?,28?,29?,35?/m0/s1. The van der Waals surface area contributed by atoms with Gasteiger partial charge in [0.1, 0.15) is 42.5 Å². The van der Waals surface area contributed by atoms with E-state index in [9.17, 15) is 47.4 Å². The van der Waals surface area contributed by atoms with E-state index in [1.54, 1.807) is 4.90 Å². The van der Waals surface area contributed by atoms with Crippen molar-refractivity contribution in [3.8, 4) is 0 Å². The minimum Gasteiger partial charge on any atom is -0.480 e. The van der Waals surface area contributed by atoms with Crippen LogP contribution in [0.5, 0.6) is 0 Å². The zero-order valence-corrected chi connectivity index (χ0v) is 35.0. The van der Waals surface area contributed by atoms with Gasteiger partial charge in [-0.15, -0.1) is 0 Å². The van der Waals surface area contributed by atoms with E-state index in [2.05, 4.69) is 47.3 Å². The summed E-state index contributed by atoms with van der Waals surface area (Å²) in [5.74, 6) is 3.45. The largest absolute Gasteiger partial charge is 0.480 e. The normalized spacial score (nSPS) is 20.7. The number of nitrogens with zero attached hydrogens (tertiary/aromatic N) is 3. The molecule has 2 saturated heterocycles. The summed E-state index contributed by atoms with van der Waals surface area (Å²) in [5, 5.41) is 62.2. The van der Waals surface area contributed by atoms with E-state index in [0.717, 1.165) is 24.3 Å². The molecule has 0 saturated carbocycles. The molecule has 63 heavy (non-hydrogen) atoms. The Morgan fingerprint density at radius 2 is 1.62 bits per heavy atom. The van der Waals surface area contributed by atoms with Crippen LogP contribution in [0.1, 0.15) is 54.4 Å². The number of aliphatic hydroxyl groups is 3. The average Bonchev–Trinajstić information content (AvgIpc) is 3.80. The fourth-order valence-corrected chi connectivity index (χ4v) is 7.59. The van der Waals surface area contributed by atoms with Gasteiger partial charge in [-0.2, -0.15) is 30.0 Å². The Kier molecular flexibility index (Phi) is 19.5. The number of aliphatic hydroxyl groups excluding tert-OH is 3. The van der Waals surface area contributed by atoms with Gasteiger partial charge in [-0.25, -0.2) is 4.99 Å². The lowest BCUT2D eigenvalue weighted by Gasteiger charge is -2.28. The number of aliphatic imine (C=N–C) groups is 1. The van der Waals surface area contributed by atoms with Crippen molar-refractivity contribution in [3.63, 3.8) is 0 Å². The van der Waals surface area contributed by atoms with Crippen molar-refractivity contribution in [3.05, 3.63) is 46.9 Å². The number of fused-ring (bicyclic) bond motifs is 1. The van der Waals surface area contributed by atoms with Gasteiger partial charge in [0, 0.05) is 55.9 Å². The topological polar surface area (TPSA) is 340 Å². The van der Waals surface area contributed by atoms with Gasteiger partial charge < -0.3 is 78.9 Å². The fourth-order valence-electron chi connectivity index (χ4n) is 6.49. The number of carbonyl (C=O) groups is 5. The van der Waals surface area contributed by atoms with E-state index >= 15 is 0 Å². The highest BCUT2D eigenvalue weighted by molar-refractivity contribution is 7.99. The van der Waals surface area contributed by atoms with E-state index in [0.29, 0.717) is 54.8 Å². The van der Waals surface area contributed by atoms with E-state index in [4.69, 9.17) is 26.5 Å². The molecule has 2 fully saturated rings. The number of nitrogens with two attached hydrogens (primary N) is 2. The van der Waals surface area contributed by atoms with Crippen molar-refractivity contribution in [2.24, 2.45) is 21.7 Å². The van der Waals surface area contributed by atoms with E-state index in [-0.39, 0.29) is 69.8 Å². The first kappa shape index (κ1) is 50.2. The van der Waals surface area contributed by atoms with Crippen LogP contribution in [-0.4, -0.2) is 167 Å². The predicted octanol–water partition coefficient (Wildman–Crippen LogP) is -3.14. The number of aliphatic carboxylic acids is 1. The highest BCUT2D eigenvalue weighted by Gasteiger charge is 2.48. The molecule has 26 heteroatoms. The monoisotopic (exact) mass is 916 g/mol. The molecule has 0 aromatic heterocycles. The van der Waals surface area contributed by atoms with Crippen LogP contribution in [0.2, 0.25) is 0 Å². The van der Waals surface area contributed by atoms with E-state index in [1.165, 1.54) is 11.8 Å². The number of rotatable bonds is 25. The number of carboxylic acid groups (broad SMARTS) is 1. The van der Waals surface area contributed by atoms with Gasteiger partial charge in [-0.05, 0) is 43.6 Å². The van der Waals surface area contributed by atoms with Crippen LogP contribution in [0.15, 0.2) is 45.9 Å². The van der Waals surface area contributed by atoms with Crippen molar-refractivity contribution < 1.29 is 62.3 Å². The van der Waals surface area contributed by atoms with Gasteiger partial charge in [0.05, 0.1) is 19.4 Å². The fraction of sp³-hybridized carbons (Fsp3) is 0.595. The molecule has 1 aromatic rings. The lowest BCUT2D eigenvalue weighted by molar-refractivity contribution is -0.138. The first-order valence-electron chi connectivity index (χ1n) is 20.1. The molecule has 22 nitrogen and oxygen atoms in total. The number of halogens is 3. The Hall–Kier alpha value is -5.41. The highest BCUT2D eigenvalue weighted by atomic mass is 32.2. The molecule has 350 valence electrons. The molecule has 4 unspecified atom stereocenters. The summed E-state index contributed by atoms with van der Waals surface area (Å²) in [4.78, 5) is 67.8. The predicted molar refractivity (Wildman–Crippen MR) is 222 cm³/mol. The van der Waals surface area contributed by atoms with Crippen LogP contribution in [0, 0.1) is 0 Å². The van der Waals surface area contributed by atoms with Gasteiger partial charge >= 0.3 is 12.1 Å². The smallest absolute Gasteiger partial charge is 0.435 e. The Morgan fingerprint density at radius 3 is 2.30 bits per heavy atom. The number of carbonyl (C=O) groups excluding carboxylic acids is 4. The number of hydrazone groups is 1. The molecule has 15 N–H and O–H groups in total. The summed E-state index contributed by atoms with van der Waals surface area (Å²) >= 11 is 1.37. The molecular weight excluding hydrogens is 862 g/mol. The SMILES string of the molecule is NN=C(c1ccc(C(=O)N[C@H](CCC(=O)NCCCCNC2=C3NCN(C4OC(CSCC[C@H](N)C(=O)O)C(O)C4O)C3=NCN2)C(=O)NCCNC(=O)CCO)cc1)C(F)(F)F. The zero-order valence-electron chi connectivity index (χ0n) is 34.2. The van der Waals surface area contributed by atoms with Crippen molar-refractivity contribution in [1.82, 2.24) is 42.1 Å². The van der Waals surface area contributed by atoms with Gasteiger partial charge in [0.15, 0.2) is 17.8 Å². The molecule has 0 aliphatic carbocycles. The summed E-state index contributed by atoms with van der Waals surface area (Å²) in [7, 11) is 0. The second kappa shape index (κ2) is 24.4. The maximum Gasteiger partial charge on any atom is 0.435 e. The summed E-state index contributed by atoms with van der Waals surface area (Å²) in [6, 6.07) is 2.00. The number of ether oxygens (including phenoxy) is 1. The third-order valence-electron chi connectivity index (χ3n) is 9.89. The molecule has 4 rings (SSSR count). The van der Waals surface area contributed by atoms with E-state index in [1.807, 2.05) is 0 Å². The maximum atomic E-state index is 13.2. The van der Waals surface area contributed by atoms with Crippen molar-refractivity contribution in [2.45, 2.75) is 81.3 Å². The van der Waals surface area contributed by atoms with Crippen LogP contribution < -0.4 is 48.8 Å². The molecule has 1 aromatic carbocycles. The number of hydrogen-bond acceptors (Lipinski definition) is 18. The average molecular weight is 917 g/mol.